The fourth-order valence-electron chi connectivity index (χ4n) is 4.25. The number of carbonyl (C=O) groups is 2. The van der Waals surface area contributed by atoms with E-state index in [4.69, 9.17) is 0 Å². The molecule has 1 aliphatic heterocycles. The third-order valence-electron chi connectivity index (χ3n) is 6.38. The predicted octanol–water partition coefficient (Wildman–Crippen LogP) is 3.85. The normalized spacial score (nSPS) is 16.4. The number of carbonyl (C=O) groups excluding carboxylic acids is 2. The number of halogens is 3. The van der Waals surface area contributed by atoms with Crippen molar-refractivity contribution in [2.24, 2.45) is 0 Å². The highest BCUT2D eigenvalue weighted by Crippen LogP contribution is 2.31. The molecule has 1 aliphatic rings. The molecular formula is C26H32F3N3O4S. The van der Waals surface area contributed by atoms with Crippen LogP contribution in [0.15, 0.2) is 53.4 Å². The van der Waals surface area contributed by atoms with Gasteiger partial charge in [-0.15, -0.1) is 0 Å². The first kappa shape index (κ1) is 28.6. The van der Waals surface area contributed by atoms with E-state index in [1.54, 1.807) is 0 Å². The Morgan fingerprint density at radius 1 is 1.05 bits per heavy atom. The maximum absolute atomic E-state index is 13.0. The molecule has 0 unspecified atom stereocenters. The molecule has 7 nitrogen and oxygen atoms in total. The van der Waals surface area contributed by atoms with Crippen LogP contribution in [0.3, 0.4) is 0 Å². The van der Waals surface area contributed by atoms with E-state index in [0.717, 1.165) is 33.6 Å². The zero-order valence-electron chi connectivity index (χ0n) is 21.0. The molecule has 3 rings (SSSR count). The number of alkyl halides is 3. The summed E-state index contributed by atoms with van der Waals surface area (Å²) in [6.07, 6.45) is -3.77. The lowest BCUT2D eigenvalue weighted by Gasteiger charge is -2.32. The van der Waals surface area contributed by atoms with Crippen LogP contribution < -0.4 is 10.6 Å². The van der Waals surface area contributed by atoms with E-state index < -0.39 is 32.7 Å². The second-order valence-corrected chi connectivity index (χ2v) is 11.5. The van der Waals surface area contributed by atoms with Gasteiger partial charge in [0.05, 0.1) is 10.5 Å². The molecule has 2 aromatic rings. The second kappa shape index (κ2) is 11.6. The van der Waals surface area contributed by atoms with E-state index >= 15 is 0 Å². The lowest BCUT2D eigenvalue weighted by molar-refractivity contribution is -0.137. The Morgan fingerprint density at radius 3 is 2.22 bits per heavy atom. The molecule has 0 saturated carbocycles. The van der Waals surface area contributed by atoms with Crippen LogP contribution in [0.2, 0.25) is 0 Å². The fourth-order valence-corrected chi connectivity index (χ4v) is 5.77. The van der Waals surface area contributed by atoms with Crippen molar-refractivity contribution in [1.29, 1.82) is 0 Å². The highest BCUT2D eigenvalue weighted by atomic mass is 32.2. The van der Waals surface area contributed by atoms with E-state index in [-0.39, 0.29) is 30.9 Å². The Hall–Kier alpha value is -2.92. The van der Waals surface area contributed by atoms with Crippen LogP contribution in [0.5, 0.6) is 0 Å². The van der Waals surface area contributed by atoms with E-state index in [9.17, 15) is 31.2 Å². The molecule has 37 heavy (non-hydrogen) atoms. The van der Waals surface area contributed by atoms with Gasteiger partial charge in [0.1, 0.15) is 6.04 Å². The Morgan fingerprint density at radius 2 is 1.68 bits per heavy atom. The molecule has 0 aliphatic carbocycles. The summed E-state index contributed by atoms with van der Waals surface area (Å²) in [6, 6.07) is 10.4. The molecule has 2 aromatic carbocycles. The number of sulfonamides is 1. The minimum absolute atomic E-state index is 0.0466. The van der Waals surface area contributed by atoms with Crippen molar-refractivity contribution in [1.82, 2.24) is 14.9 Å². The highest BCUT2D eigenvalue weighted by molar-refractivity contribution is 7.89. The van der Waals surface area contributed by atoms with Gasteiger partial charge in [-0.3, -0.25) is 9.59 Å². The van der Waals surface area contributed by atoms with E-state index in [1.165, 1.54) is 6.92 Å². The molecule has 1 fully saturated rings. The van der Waals surface area contributed by atoms with Crippen LogP contribution in [0, 0.1) is 0 Å². The first-order valence-electron chi connectivity index (χ1n) is 12.1. The van der Waals surface area contributed by atoms with Crippen LogP contribution in [0.1, 0.15) is 56.2 Å². The predicted molar refractivity (Wildman–Crippen MR) is 133 cm³/mol. The molecule has 1 saturated heterocycles. The average molecular weight is 540 g/mol. The molecule has 202 valence electrons. The summed E-state index contributed by atoms with van der Waals surface area (Å²) in [5.74, 6) is -0.352. The molecule has 0 spiro atoms. The first-order valence-corrected chi connectivity index (χ1v) is 13.5. The van der Waals surface area contributed by atoms with Gasteiger partial charge in [-0.25, -0.2) is 8.42 Å². The third kappa shape index (κ3) is 7.54. The van der Waals surface area contributed by atoms with Gasteiger partial charge in [-0.1, -0.05) is 44.2 Å². The van der Waals surface area contributed by atoms with Crippen LogP contribution >= 0.6 is 0 Å². The van der Waals surface area contributed by atoms with Gasteiger partial charge in [-0.05, 0) is 48.1 Å². The minimum Gasteiger partial charge on any atom is -0.351 e. The first-order chi connectivity index (χ1) is 17.3. The quantitative estimate of drug-likeness (QED) is 0.533. The summed E-state index contributed by atoms with van der Waals surface area (Å²) in [5.41, 5.74) is 1.02. The van der Waals surface area contributed by atoms with Crippen molar-refractivity contribution in [3.8, 4) is 0 Å². The van der Waals surface area contributed by atoms with Crippen molar-refractivity contribution >= 4 is 21.8 Å². The maximum atomic E-state index is 13.0. The smallest absolute Gasteiger partial charge is 0.351 e. The number of hydrogen-bond donors (Lipinski definition) is 2. The summed E-state index contributed by atoms with van der Waals surface area (Å²) in [7, 11) is -4.12. The molecule has 0 aromatic heterocycles. The SMILES string of the molecule is CC(=O)N[C@@H](Cc1ccc(C(C)C)cc1)C(=O)NC1CCN(S(=O)(=O)c2cccc(C(F)(F)F)c2)CC1. The topological polar surface area (TPSA) is 95.6 Å². The summed E-state index contributed by atoms with van der Waals surface area (Å²) < 4.78 is 66.0. The molecule has 1 heterocycles. The molecule has 0 radical (unpaired) electrons. The van der Waals surface area contributed by atoms with Crippen LogP contribution in [0.25, 0.3) is 0 Å². The molecule has 2 amide bonds. The average Bonchev–Trinajstić information content (AvgIpc) is 2.83. The third-order valence-corrected chi connectivity index (χ3v) is 8.27. The lowest BCUT2D eigenvalue weighted by atomic mass is 9.98. The van der Waals surface area contributed by atoms with E-state index in [0.29, 0.717) is 31.2 Å². The summed E-state index contributed by atoms with van der Waals surface area (Å²) in [4.78, 5) is 24.3. The Kier molecular flexibility index (Phi) is 9.01. The van der Waals surface area contributed by atoms with Crippen molar-refractivity contribution < 1.29 is 31.2 Å². The number of nitrogens with one attached hydrogen (secondary N) is 2. The van der Waals surface area contributed by atoms with Gasteiger partial charge in [0.25, 0.3) is 0 Å². The standard InChI is InChI=1S/C26H32F3N3O4S/c1-17(2)20-9-7-19(8-10-20)15-24(30-18(3)33)25(34)31-22-11-13-32(14-12-22)37(35,36)23-6-4-5-21(16-23)26(27,28)29/h4-10,16-17,22,24H,11-15H2,1-3H3,(H,30,33)(H,31,34)/t24-/m0/s1. The molecule has 11 heteroatoms. The van der Waals surface area contributed by atoms with Gasteiger partial charge >= 0.3 is 6.18 Å². The second-order valence-electron chi connectivity index (χ2n) is 9.57. The van der Waals surface area contributed by atoms with Crippen LogP contribution in [-0.4, -0.2) is 49.7 Å². The van der Waals surface area contributed by atoms with E-state index in [1.807, 2.05) is 24.3 Å². The fraction of sp³-hybridized carbons (Fsp3) is 0.462. The maximum Gasteiger partial charge on any atom is 0.416 e. The Labute approximate surface area is 215 Å². The number of hydrogen-bond acceptors (Lipinski definition) is 4. The Bertz CT molecular complexity index is 1210. The van der Waals surface area contributed by atoms with Crippen LogP contribution in [0.4, 0.5) is 13.2 Å². The summed E-state index contributed by atoms with van der Waals surface area (Å²) in [5, 5.41) is 5.57. The van der Waals surface area contributed by atoms with Gasteiger partial charge in [0, 0.05) is 32.5 Å². The largest absolute Gasteiger partial charge is 0.416 e. The van der Waals surface area contributed by atoms with Crippen molar-refractivity contribution in [2.75, 3.05) is 13.1 Å². The number of nitrogens with zero attached hydrogens (tertiary/aromatic N) is 1. The molecule has 2 N–H and O–H groups in total. The zero-order chi connectivity index (χ0) is 27.4. The molecular weight excluding hydrogens is 507 g/mol. The number of rotatable bonds is 8. The van der Waals surface area contributed by atoms with Crippen molar-refractivity contribution in [3.05, 3.63) is 65.2 Å². The minimum atomic E-state index is -4.65. The monoisotopic (exact) mass is 539 g/mol. The van der Waals surface area contributed by atoms with Gasteiger partial charge in [-0.2, -0.15) is 17.5 Å². The summed E-state index contributed by atoms with van der Waals surface area (Å²) >= 11 is 0. The summed E-state index contributed by atoms with van der Waals surface area (Å²) in [6.45, 7) is 5.59. The van der Waals surface area contributed by atoms with Gasteiger partial charge in [0.2, 0.25) is 21.8 Å². The highest BCUT2D eigenvalue weighted by Gasteiger charge is 2.35. The van der Waals surface area contributed by atoms with Gasteiger partial charge < -0.3 is 10.6 Å². The van der Waals surface area contributed by atoms with Crippen LogP contribution in [-0.2, 0) is 32.2 Å². The Balaban J connectivity index is 1.62. The number of piperidine rings is 1. The van der Waals surface area contributed by atoms with Gasteiger partial charge in [0.15, 0.2) is 0 Å². The van der Waals surface area contributed by atoms with E-state index in [2.05, 4.69) is 24.5 Å². The molecule has 0 bridgehead atoms. The number of amides is 2. The molecule has 1 atom stereocenters. The van der Waals surface area contributed by atoms with Crippen molar-refractivity contribution in [2.45, 2.75) is 69.1 Å². The zero-order valence-corrected chi connectivity index (χ0v) is 21.8. The van der Waals surface area contributed by atoms with Crippen molar-refractivity contribution in [3.63, 3.8) is 0 Å². The lowest BCUT2D eigenvalue weighted by Crippen LogP contribution is -2.53. The number of benzene rings is 2.